The summed E-state index contributed by atoms with van der Waals surface area (Å²) < 4.78 is 18.1. The van der Waals surface area contributed by atoms with Crippen LogP contribution in [-0.4, -0.2) is 13.3 Å². The third-order valence-corrected chi connectivity index (χ3v) is 2.58. The Morgan fingerprint density at radius 3 is 3.00 bits per heavy atom. The molecule has 0 spiro atoms. The summed E-state index contributed by atoms with van der Waals surface area (Å²) in [6, 6.07) is 5.89. The molecule has 0 aliphatic heterocycles. The minimum atomic E-state index is -0.652. The van der Waals surface area contributed by atoms with Crippen molar-refractivity contribution in [1.29, 1.82) is 0 Å². The second kappa shape index (κ2) is 3.36. The molecule has 0 radical (unpaired) electrons. The molecule has 1 aromatic rings. The maximum absolute atomic E-state index is 13.0. The third kappa shape index (κ3) is 1.67. The summed E-state index contributed by atoms with van der Waals surface area (Å²) >= 11 is 0. The summed E-state index contributed by atoms with van der Waals surface area (Å²) in [6.07, 6.45) is 1.41. The number of aryl methyl sites for hydroxylation is 1. The van der Waals surface area contributed by atoms with E-state index in [1.807, 2.05) is 18.2 Å². The number of benzene rings is 1. The van der Waals surface area contributed by atoms with Crippen LogP contribution in [0.4, 0.5) is 4.39 Å². The van der Waals surface area contributed by atoms with E-state index in [2.05, 4.69) is 0 Å². The molecule has 1 nitrogen and oxygen atoms in total. The molecule has 2 heteroatoms. The first-order valence-electron chi connectivity index (χ1n) is 4.59. The summed E-state index contributed by atoms with van der Waals surface area (Å²) in [5.41, 5.74) is 2.38. The normalized spacial score (nSPS) is 20.9. The second-order valence-electron chi connectivity index (χ2n) is 3.47. The molecule has 0 saturated heterocycles. The van der Waals surface area contributed by atoms with Gasteiger partial charge < -0.3 is 4.74 Å². The van der Waals surface area contributed by atoms with Gasteiger partial charge in [0, 0.05) is 6.42 Å². The van der Waals surface area contributed by atoms with Crippen molar-refractivity contribution in [2.75, 3.05) is 7.11 Å². The predicted octanol–water partition coefficient (Wildman–Crippen LogP) is 2.52. The van der Waals surface area contributed by atoms with Gasteiger partial charge in [0.15, 0.2) is 0 Å². The highest BCUT2D eigenvalue weighted by molar-refractivity contribution is 5.37. The largest absolute Gasteiger partial charge is 0.497 e. The molecule has 0 N–H and O–H groups in total. The van der Waals surface area contributed by atoms with E-state index in [1.165, 1.54) is 5.56 Å². The first-order valence-corrected chi connectivity index (χ1v) is 4.59. The minimum Gasteiger partial charge on any atom is -0.497 e. The lowest BCUT2D eigenvalue weighted by atomic mass is 9.90. The topological polar surface area (TPSA) is 9.23 Å². The van der Waals surface area contributed by atoms with Crippen molar-refractivity contribution in [1.82, 2.24) is 0 Å². The van der Waals surface area contributed by atoms with Crippen LogP contribution in [0.25, 0.3) is 0 Å². The Morgan fingerprint density at radius 2 is 2.23 bits per heavy atom. The van der Waals surface area contributed by atoms with Crippen molar-refractivity contribution in [3.63, 3.8) is 0 Å². The molecule has 70 valence electrons. The highest BCUT2D eigenvalue weighted by Crippen LogP contribution is 2.26. The predicted molar refractivity (Wildman–Crippen MR) is 49.9 cm³/mol. The summed E-state index contributed by atoms with van der Waals surface area (Å²) in [6.45, 7) is 0. The molecule has 1 aromatic carbocycles. The second-order valence-corrected chi connectivity index (χ2v) is 3.47. The number of alkyl halides is 1. The monoisotopic (exact) mass is 180 g/mol. The van der Waals surface area contributed by atoms with Crippen LogP contribution in [-0.2, 0) is 12.8 Å². The number of rotatable bonds is 1. The van der Waals surface area contributed by atoms with Gasteiger partial charge in [-0.3, -0.25) is 0 Å². The van der Waals surface area contributed by atoms with E-state index in [1.54, 1.807) is 7.11 Å². The fourth-order valence-corrected chi connectivity index (χ4v) is 1.81. The third-order valence-electron chi connectivity index (χ3n) is 2.58. The molecule has 0 aromatic heterocycles. The lowest BCUT2D eigenvalue weighted by molar-refractivity contribution is 0.301. The molecule has 1 aliphatic carbocycles. The van der Waals surface area contributed by atoms with Crippen molar-refractivity contribution in [3.8, 4) is 5.75 Å². The fourth-order valence-electron chi connectivity index (χ4n) is 1.81. The van der Waals surface area contributed by atoms with Crippen LogP contribution in [0.3, 0.4) is 0 Å². The standard InChI is InChI=1S/C11H13FO/c1-13-11-5-3-8-6-10(12)4-2-9(8)7-11/h3,5,7,10H,2,4,6H2,1H3. The Hall–Kier alpha value is -1.05. The Morgan fingerprint density at radius 1 is 1.38 bits per heavy atom. The summed E-state index contributed by atoms with van der Waals surface area (Å²) in [4.78, 5) is 0. The average Bonchev–Trinajstić information content (AvgIpc) is 2.17. The number of halogens is 1. The van der Waals surface area contributed by atoms with Crippen molar-refractivity contribution in [2.45, 2.75) is 25.4 Å². The van der Waals surface area contributed by atoms with Crippen molar-refractivity contribution in [2.24, 2.45) is 0 Å². The van der Waals surface area contributed by atoms with Gasteiger partial charge in [0.25, 0.3) is 0 Å². The molecular weight excluding hydrogens is 167 g/mol. The lowest BCUT2D eigenvalue weighted by Gasteiger charge is -2.19. The van der Waals surface area contributed by atoms with Crippen molar-refractivity contribution < 1.29 is 9.13 Å². The molecule has 1 atom stereocenters. The van der Waals surface area contributed by atoms with Gasteiger partial charge >= 0.3 is 0 Å². The zero-order chi connectivity index (χ0) is 9.26. The molecular formula is C11H13FO. The summed E-state index contributed by atoms with van der Waals surface area (Å²) in [5, 5.41) is 0. The molecule has 0 fully saturated rings. The fraction of sp³-hybridized carbons (Fsp3) is 0.455. The van der Waals surface area contributed by atoms with E-state index in [4.69, 9.17) is 4.74 Å². The van der Waals surface area contributed by atoms with Gasteiger partial charge in [0.05, 0.1) is 7.11 Å². The number of ether oxygens (including phenoxy) is 1. The van der Waals surface area contributed by atoms with Gasteiger partial charge in [-0.15, -0.1) is 0 Å². The van der Waals surface area contributed by atoms with Crippen LogP contribution in [0.5, 0.6) is 5.75 Å². The Kier molecular flexibility index (Phi) is 2.21. The van der Waals surface area contributed by atoms with Gasteiger partial charge in [-0.2, -0.15) is 0 Å². The van der Waals surface area contributed by atoms with E-state index in [0.29, 0.717) is 12.8 Å². The van der Waals surface area contributed by atoms with Gasteiger partial charge in [0.2, 0.25) is 0 Å². The van der Waals surface area contributed by atoms with Gasteiger partial charge in [0.1, 0.15) is 11.9 Å². The Bertz CT molecular complexity index is 309. The molecule has 0 bridgehead atoms. The Labute approximate surface area is 77.5 Å². The number of hydrogen-bond donors (Lipinski definition) is 0. The lowest BCUT2D eigenvalue weighted by Crippen LogP contribution is -2.14. The van der Waals surface area contributed by atoms with Crippen molar-refractivity contribution >= 4 is 0 Å². The molecule has 0 amide bonds. The van der Waals surface area contributed by atoms with E-state index in [9.17, 15) is 4.39 Å². The molecule has 1 aliphatic rings. The first-order chi connectivity index (χ1) is 6.29. The summed E-state index contributed by atoms with van der Waals surface area (Å²) in [7, 11) is 1.66. The molecule has 0 heterocycles. The molecule has 1 unspecified atom stereocenters. The number of hydrogen-bond acceptors (Lipinski definition) is 1. The van der Waals surface area contributed by atoms with E-state index >= 15 is 0 Å². The quantitative estimate of drug-likeness (QED) is 0.645. The van der Waals surface area contributed by atoms with E-state index in [-0.39, 0.29) is 0 Å². The zero-order valence-corrected chi connectivity index (χ0v) is 7.72. The smallest absolute Gasteiger partial charge is 0.119 e. The van der Waals surface area contributed by atoms with Crippen LogP contribution in [0.2, 0.25) is 0 Å². The van der Waals surface area contributed by atoms with Crippen molar-refractivity contribution in [3.05, 3.63) is 29.3 Å². The first kappa shape index (κ1) is 8.54. The molecule has 2 rings (SSSR count). The van der Waals surface area contributed by atoms with Gasteiger partial charge in [-0.25, -0.2) is 4.39 Å². The minimum absolute atomic E-state index is 0.569. The highest BCUT2D eigenvalue weighted by Gasteiger charge is 2.17. The van der Waals surface area contributed by atoms with Gasteiger partial charge in [-0.1, -0.05) is 6.07 Å². The Balaban J connectivity index is 2.31. The maximum Gasteiger partial charge on any atom is 0.119 e. The van der Waals surface area contributed by atoms with Crippen LogP contribution in [0.15, 0.2) is 18.2 Å². The maximum atomic E-state index is 13.0. The number of methoxy groups -OCH3 is 1. The van der Waals surface area contributed by atoms with E-state index in [0.717, 1.165) is 17.7 Å². The number of fused-ring (bicyclic) bond motifs is 1. The summed E-state index contributed by atoms with van der Waals surface area (Å²) in [5.74, 6) is 0.871. The average molecular weight is 180 g/mol. The van der Waals surface area contributed by atoms with Crippen LogP contribution < -0.4 is 4.74 Å². The molecule has 0 saturated carbocycles. The van der Waals surface area contributed by atoms with Crippen LogP contribution >= 0.6 is 0 Å². The van der Waals surface area contributed by atoms with E-state index < -0.39 is 6.17 Å². The molecule has 13 heavy (non-hydrogen) atoms. The zero-order valence-electron chi connectivity index (χ0n) is 7.72. The van der Waals surface area contributed by atoms with Crippen LogP contribution in [0, 0.1) is 0 Å². The SMILES string of the molecule is COc1ccc2c(c1)CCC(F)C2. The van der Waals surface area contributed by atoms with Gasteiger partial charge in [-0.05, 0) is 36.1 Å². The van der Waals surface area contributed by atoms with Crippen LogP contribution in [0.1, 0.15) is 17.5 Å². The highest BCUT2D eigenvalue weighted by atomic mass is 19.1.